The topological polar surface area (TPSA) is 101 Å². The van der Waals surface area contributed by atoms with Gasteiger partial charge in [-0.1, -0.05) is 0 Å². The number of rotatable bonds is 4. The van der Waals surface area contributed by atoms with E-state index >= 15 is 0 Å². The van der Waals surface area contributed by atoms with Crippen LogP contribution in [-0.4, -0.2) is 35.9 Å². The highest BCUT2D eigenvalue weighted by Crippen LogP contribution is 2.22. The van der Waals surface area contributed by atoms with E-state index in [4.69, 9.17) is 0 Å². The molecular weight excluding hydrogens is 318 g/mol. The summed E-state index contributed by atoms with van der Waals surface area (Å²) in [5, 5.41) is 14.0. The molecule has 0 atom stereocenters. The van der Waals surface area contributed by atoms with E-state index in [1.165, 1.54) is 6.20 Å². The Hall–Kier alpha value is -3.55. The number of fused-ring (bicyclic) bond motifs is 1. The van der Waals surface area contributed by atoms with Gasteiger partial charge in [-0.2, -0.15) is 10.2 Å². The number of amides is 1. The number of hydrogen-bond donors (Lipinski definition) is 2. The number of carbonyl (C=O) groups is 1. The first kappa shape index (κ1) is 15.0. The van der Waals surface area contributed by atoms with Gasteiger partial charge in [0.2, 0.25) is 0 Å². The molecule has 0 spiro atoms. The fourth-order valence-electron chi connectivity index (χ4n) is 2.58. The number of benzene rings is 1. The van der Waals surface area contributed by atoms with Crippen LogP contribution in [0.15, 0.2) is 49.2 Å². The Morgan fingerprint density at radius 3 is 2.84 bits per heavy atom. The Bertz CT molecular complexity index is 1050. The molecule has 0 fully saturated rings. The second-order valence-electron chi connectivity index (χ2n) is 5.46. The average molecular weight is 333 g/mol. The maximum atomic E-state index is 12.6. The van der Waals surface area contributed by atoms with Crippen LogP contribution in [0.4, 0.5) is 5.69 Å². The van der Waals surface area contributed by atoms with Crippen LogP contribution in [0.2, 0.25) is 0 Å². The van der Waals surface area contributed by atoms with E-state index in [0.717, 1.165) is 23.1 Å². The molecule has 0 bridgehead atoms. The molecule has 2 N–H and O–H groups in total. The van der Waals surface area contributed by atoms with Crippen LogP contribution < -0.4 is 5.32 Å². The SMILES string of the molecule is CCn1cc(-c2[nH]ncc2C(=O)Nc2ccc3nccnc3c2)cn1. The van der Waals surface area contributed by atoms with E-state index in [0.29, 0.717) is 16.9 Å². The second-order valence-corrected chi connectivity index (χ2v) is 5.46. The van der Waals surface area contributed by atoms with Crippen molar-refractivity contribution in [1.82, 2.24) is 29.9 Å². The summed E-state index contributed by atoms with van der Waals surface area (Å²) in [6.07, 6.45) is 8.34. The standard InChI is InChI=1S/C17H15N7O/c1-2-24-10-11(8-21-24)16-13(9-20-23-16)17(25)22-12-3-4-14-15(7-12)19-6-5-18-14/h3-10H,2H2,1H3,(H,20,23)(H,22,25). The first-order valence-electron chi connectivity index (χ1n) is 7.83. The lowest BCUT2D eigenvalue weighted by Gasteiger charge is -2.06. The van der Waals surface area contributed by atoms with Crippen molar-refractivity contribution in [2.75, 3.05) is 5.32 Å². The number of aromatic amines is 1. The van der Waals surface area contributed by atoms with Gasteiger partial charge >= 0.3 is 0 Å². The number of aryl methyl sites for hydroxylation is 1. The first-order valence-corrected chi connectivity index (χ1v) is 7.83. The molecule has 8 nitrogen and oxygen atoms in total. The predicted octanol–water partition coefficient (Wildman–Crippen LogP) is 2.49. The van der Waals surface area contributed by atoms with Crippen molar-refractivity contribution in [3.63, 3.8) is 0 Å². The Balaban J connectivity index is 1.61. The van der Waals surface area contributed by atoms with Crippen molar-refractivity contribution in [2.45, 2.75) is 13.5 Å². The van der Waals surface area contributed by atoms with Crippen LogP contribution in [0.3, 0.4) is 0 Å². The monoisotopic (exact) mass is 333 g/mol. The van der Waals surface area contributed by atoms with Crippen LogP contribution >= 0.6 is 0 Å². The van der Waals surface area contributed by atoms with Crippen LogP contribution in [0.25, 0.3) is 22.3 Å². The maximum absolute atomic E-state index is 12.6. The number of carbonyl (C=O) groups excluding carboxylic acids is 1. The minimum absolute atomic E-state index is 0.253. The van der Waals surface area contributed by atoms with E-state index in [2.05, 4.69) is 30.6 Å². The lowest BCUT2D eigenvalue weighted by molar-refractivity contribution is 0.102. The molecule has 25 heavy (non-hydrogen) atoms. The molecule has 1 amide bonds. The number of anilines is 1. The van der Waals surface area contributed by atoms with Gasteiger partial charge in [-0.3, -0.25) is 24.5 Å². The molecule has 0 aliphatic rings. The fraction of sp³-hybridized carbons (Fsp3) is 0.118. The molecule has 4 aromatic rings. The second kappa shape index (κ2) is 6.16. The summed E-state index contributed by atoms with van der Waals surface area (Å²) in [6, 6.07) is 5.40. The van der Waals surface area contributed by atoms with Crippen LogP contribution in [0, 0.1) is 0 Å². The fourth-order valence-corrected chi connectivity index (χ4v) is 2.58. The van der Waals surface area contributed by atoms with Crippen molar-refractivity contribution in [3.05, 3.63) is 54.7 Å². The number of nitrogens with one attached hydrogen (secondary N) is 2. The zero-order valence-corrected chi connectivity index (χ0v) is 13.5. The molecule has 0 aliphatic heterocycles. The summed E-state index contributed by atoms with van der Waals surface area (Å²) in [5.74, 6) is -0.253. The Morgan fingerprint density at radius 2 is 2.04 bits per heavy atom. The lowest BCUT2D eigenvalue weighted by atomic mass is 10.1. The lowest BCUT2D eigenvalue weighted by Crippen LogP contribution is -2.12. The molecule has 3 heterocycles. The Morgan fingerprint density at radius 1 is 1.20 bits per heavy atom. The van der Waals surface area contributed by atoms with E-state index < -0.39 is 0 Å². The Kier molecular flexibility index (Phi) is 3.70. The average Bonchev–Trinajstić information content (AvgIpc) is 3.30. The number of hydrogen-bond acceptors (Lipinski definition) is 5. The molecule has 0 radical (unpaired) electrons. The van der Waals surface area contributed by atoms with Crippen molar-refractivity contribution in [3.8, 4) is 11.3 Å². The largest absolute Gasteiger partial charge is 0.322 e. The van der Waals surface area contributed by atoms with Gasteiger partial charge in [0.1, 0.15) is 0 Å². The summed E-state index contributed by atoms with van der Waals surface area (Å²) in [4.78, 5) is 21.1. The highest BCUT2D eigenvalue weighted by Gasteiger charge is 2.17. The van der Waals surface area contributed by atoms with Gasteiger partial charge in [-0.05, 0) is 25.1 Å². The maximum Gasteiger partial charge on any atom is 0.259 e. The van der Waals surface area contributed by atoms with Crippen molar-refractivity contribution >= 4 is 22.6 Å². The zero-order chi connectivity index (χ0) is 17.2. The van der Waals surface area contributed by atoms with E-state index in [9.17, 15) is 4.79 Å². The highest BCUT2D eigenvalue weighted by atomic mass is 16.1. The molecule has 0 unspecified atom stereocenters. The molecule has 8 heteroatoms. The number of nitrogens with zero attached hydrogens (tertiary/aromatic N) is 5. The number of aromatic nitrogens is 6. The third-order valence-corrected chi connectivity index (χ3v) is 3.86. The molecule has 0 saturated heterocycles. The summed E-state index contributed by atoms with van der Waals surface area (Å²) >= 11 is 0. The first-order chi connectivity index (χ1) is 12.2. The zero-order valence-electron chi connectivity index (χ0n) is 13.5. The van der Waals surface area contributed by atoms with Crippen molar-refractivity contribution in [2.24, 2.45) is 0 Å². The molecule has 1 aromatic carbocycles. The van der Waals surface area contributed by atoms with Gasteiger partial charge in [0.25, 0.3) is 5.91 Å². The molecule has 0 saturated carbocycles. The van der Waals surface area contributed by atoms with Crippen LogP contribution in [0.1, 0.15) is 17.3 Å². The molecule has 3 aromatic heterocycles. The molecule has 124 valence electrons. The summed E-state index contributed by atoms with van der Waals surface area (Å²) in [5.41, 5.74) is 4.05. The summed E-state index contributed by atoms with van der Waals surface area (Å²) in [6.45, 7) is 2.76. The van der Waals surface area contributed by atoms with Crippen LogP contribution in [-0.2, 0) is 6.54 Å². The normalized spacial score (nSPS) is 10.9. The minimum atomic E-state index is -0.253. The van der Waals surface area contributed by atoms with Gasteiger partial charge in [-0.15, -0.1) is 0 Å². The number of H-pyrrole nitrogens is 1. The Labute approximate surface area is 142 Å². The van der Waals surface area contributed by atoms with Gasteiger partial charge in [-0.25, -0.2) is 0 Å². The summed E-state index contributed by atoms with van der Waals surface area (Å²) in [7, 11) is 0. The molecule has 0 aliphatic carbocycles. The van der Waals surface area contributed by atoms with Gasteiger partial charge < -0.3 is 5.32 Å². The predicted molar refractivity (Wildman–Crippen MR) is 93.0 cm³/mol. The van der Waals surface area contributed by atoms with Gasteiger partial charge in [0.15, 0.2) is 0 Å². The van der Waals surface area contributed by atoms with Gasteiger partial charge in [0.05, 0.1) is 34.7 Å². The highest BCUT2D eigenvalue weighted by molar-refractivity contribution is 6.08. The molecule has 4 rings (SSSR count). The van der Waals surface area contributed by atoms with E-state index in [-0.39, 0.29) is 5.91 Å². The van der Waals surface area contributed by atoms with Crippen molar-refractivity contribution in [1.29, 1.82) is 0 Å². The molecular formula is C17H15N7O. The van der Waals surface area contributed by atoms with E-state index in [1.54, 1.807) is 35.4 Å². The third-order valence-electron chi connectivity index (χ3n) is 3.86. The van der Waals surface area contributed by atoms with Crippen LogP contribution in [0.5, 0.6) is 0 Å². The van der Waals surface area contributed by atoms with Gasteiger partial charge in [0, 0.05) is 36.4 Å². The summed E-state index contributed by atoms with van der Waals surface area (Å²) < 4.78 is 1.79. The quantitative estimate of drug-likeness (QED) is 0.597. The van der Waals surface area contributed by atoms with E-state index in [1.807, 2.05) is 19.2 Å². The minimum Gasteiger partial charge on any atom is -0.322 e. The smallest absolute Gasteiger partial charge is 0.259 e. The third kappa shape index (κ3) is 2.85. The van der Waals surface area contributed by atoms with Crippen molar-refractivity contribution < 1.29 is 4.79 Å².